The number of anilines is 1. The van der Waals surface area contributed by atoms with Crippen molar-refractivity contribution >= 4 is 5.82 Å². The molecule has 1 aromatic heterocycles. The molecule has 1 heterocycles. The van der Waals surface area contributed by atoms with Crippen molar-refractivity contribution in [3.8, 4) is 6.07 Å². The van der Waals surface area contributed by atoms with Crippen LogP contribution >= 0.6 is 0 Å². The first-order valence-corrected chi connectivity index (χ1v) is 6.89. The van der Waals surface area contributed by atoms with Crippen LogP contribution in [-0.2, 0) is 0 Å². The summed E-state index contributed by atoms with van der Waals surface area (Å²) in [6.07, 6.45) is 5.37. The Kier molecular flexibility index (Phi) is 2.95. The van der Waals surface area contributed by atoms with Crippen LogP contribution < -0.4 is 4.90 Å². The van der Waals surface area contributed by atoms with Gasteiger partial charge in [-0.1, -0.05) is 0 Å². The standard InChI is InChI=1S/C15H19N3/c1-11-2-7-14(8-16)15(17-11)18(9-12-3-4-12)10-13-5-6-13/h2,7,12-13H,3-6,9-10H2,1H3. The van der Waals surface area contributed by atoms with Crippen LogP contribution in [0, 0.1) is 30.1 Å². The Morgan fingerprint density at radius 2 is 1.83 bits per heavy atom. The Morgan fingerprint density at radius 1 is 1.22 bits per heavy atom. The molecule has 0 atom stereocenters. The van der Waals surface area contributed by atoms with Gasteiger partial charge in [0.05, 0.1) is 5.56 Å². The number of nitriles is 1. The smallest absolute Gasteiger partial charge is 0.146 e. The molecule has 0 N–H and O–H groups in total. The summed E-state index contributed by atoms with van der Waals surface area (Å²) in [5, 5.41) is 9.24. The van der Waals surface area contributed by atoms with E-state index in [1.807, 2.05) is 19.1 Å². The SMILES string of the molecule is Cc1ccc(C#N)c(N(CC2CC2)CC2CC2)n1. The van der Waals surface area contributed by atoms with Crippen LogP contribution in [0.5, 0.6) is 0 Å². The molecule has 18 heavy (non-hydrogen) atoms. The van der Waals surface area contributed by atoms with E-state index in [-0.39, 0.29) is 0 Å². The van der Waals surface area contributed by atoms with E-state index in [1.165, 1.54) is 25.7 Å². The molecule has 2 aliphatic rings. The zero-order valence-corrected chi connectivity index (χ0v) is 10.9. The third kappa shape index (κ3) is 2.64. The van der Waals surface area contributed by atoms with E-state index < -0.39 is 0 Å². The molecule has 3 heteroatoms. The topological polar surface area (TPSA) is 39.9 Å². The van der Waals surface area contributed by atoms with Gasteiger partial charge in [-0.15, -0.1) is 0 Å². The van der Waals surface area contributed by atoms with Crippen LogP contribution in [0.15, 0.2) is 12.1 Å². The predicted molar refractivity (Wildman–Crippen MR) is 71.4 cm³/mol. The highest BCUT2D eigenvalue weighted by molar-refractivity contribution is 5.54. The third-order valence-electron chi connectivity index (χ3n) is 3.79. The summed E-state index contributed by atoms with van der Waals surface area (Å²) >= 11 is 0. The molecular weight excluding hydrogens is 222 g/mol. The fraction of sp³-hybridized carbons (Fsp3) is 0.600. The summed E-state index contributed by atoms with van der Waals surface area (Å²) in [6.45, 7) is 4.17. The number of rotatable bonds is 5. The van der Waals surface area contributed by atoms with Crippen LogP contribution in [0.4, 0.5) is 5.82 Å². The average Bonchev–Trinajstić information content (AvgIpc) is 3.23. The van der Waals surface area contributed by atoms with Gasteiger partial charge in [-0.05, 0) is 56.6 Å². The van der Waals surface area contributed by atoms with E-state index in [1.54, 1.807) is 0 Å². The minimum absolute atomic E-state index is 0.724. The second kappa shape index (κ2) is 4.61. The van der Waals surface area contributed by atoms with Gasteiger partial charge in [-0.25, -0.2) is 4.98 Å². The van der Waals surface area contributed by atoms with Gasteiger partial charge in [0.15, 0.2) is 0 Å². The van der Waals surface area contributed by atoms with Gasteiger partial charge in [0, 0.05) is 18.8 Å². The Morgan fingerprint density at radius 3 is 2.33 bits per heavy atom. The molecule has 94 valence electrons. The first-order chi connectivity index (χ1) is 8.76. The molecule has 0 unspecified atom stereocenters. The summed E-state index contributed by atoms with van der Waals surface area (Å²) in [5.41, 5.74) is 1.72. The van der Waals surface area contributed by atoms with Crippen LogP contribution in [0.3, 0.4) is 0 Å². The Bertz CT molecular complexity index is 467. The van der Waals surface area contributed by atoms with E-state index in [2.05, 4.69) is 16.0 Å². The Labute approximate surface area is 108 Å². The predicted octanol–water partition coefficient (Wildman–Crippen LogP) is 2.89. The van der Waals surface area contributed by atoms with E-state index in [4.69, 9.17) is 0 Å². The minimum atomic E-state index is 0.724. The second-order valence-electron chi connectivity index (χ2n) is 5.73. The van der Waals surface area contributed by atoms with Gasteiger partial charge in [0.1, 0.15) is 11.9 Å². The van der Waals surface area contributed by atoms with Crippen molar-refractivity contribution in [1.82, 2.24) is 4.98 Å². The summed E-state index contributed by atoms with van der Waals surface area (Å²) in [7, 11) is 0. The maximum absolute atomic E-state index is 9.24. The number of aromatic nitrogens is 1. The van der Waals surface area contributed by atoms with Gasteiger partial charge in [0.25, 0.3) is 0 Å². The Balaban J connectivity index is 1.86. The number of pyridine rings is 1. The molecule has 2 saturated carbocycles. The molecule has 0 saturated heterocycles. The average molecular weight is 241 g/mol. The van der Waals surface area contributed by atoms with Crippen molar-refractivity contribution in [2.75, 3.05) is 18.0 Å². The lowest BCUT2D eigenvalue weighted by atomic mass is 10.2. The maximum atomic E-state index is 9.24. The van der Waals surface area contributed by atoms with E-state index in [0.29, 0.717) is 0 Å². The molecular formula is C15H19N3. The molecule has 3 nitrogen and oxygen atoms in total. The van der Waals surface area contributed by atoms with Crippen molar-refractivity contribution < 1.29 is 0 Å². The lowest BCUT2D eigenvalue weighted by molar-refractivity contribution is 0.670. The first-order valence-electron chi connectivity index (χ1n) is 6.89. The van der Waals surface area contributed by atoms with Crippen LogP contribution in [0.2, 0.25) is 0 Å². The van der Waals surface area contributed by atoms with Crippen LogP contribution in [-0.4, -0.2) is 18.1 Å². The molecule has 0 bridgehead atoms. The van der Waals surface area contributed by atoms with Gasteiger partial charge in [-0.3, -0.25) is 0 Å². The van der Waals surface area contributed by atoms with Crippen molar-refractivity contribution in [2.45, 2.75) is 32.6 Å². The van der Waals surface area contributed by atoms with Gasteiger partial charge < -0.3 is 4.90 Å². The summed E-state index contributed by atoms with van der Waals surface area (Å²) < 4.78 is 0. The lowest BCUT2D eigenvalue weighted by Gasteiger charge is -2.24. The molecule has 1 aromatic rings. The monoisotopic (exact) mass is 241 g/mol. The molecule has 2 fully saturated rings. The molecule has 0 amide bonds. The molecule has 2 aliphatic carbocycles. The van der Waals surface area contributed by atoms with Crippen molar-refractivity contribution in [1.29, 1.82) is 5.26 Å². The van der Waals surface area contributed by atoms with E-state index in [0.717, 1.165) is 42.0 Å². The highest BCUT2D eigenvalue weighted by Gasteiger charge is 2.30. The van der Waals surface area contributed by atoms with Crippen LogP contribution in [0.25, 0.3) is 0 Å². The largest absolute Gasteiger partial charge is 0.355 e. The molecule has 0 spiro atoms. The van der Waals surface area contributed by atoms with E-state index >= 15 is 0 Å². The quantitative estimate of drug-likeness (QED) is 0.795. The number of aryl methyl sites for hydroxylation is 1. The van der Waals surface area contributed by atoms with Crippen molar-refractivity contribution in [2.24, 2.45) is 11.8 Å². The van der Waals surface area contributed by atoms with Crippen molar-refractivity contribution in [3.63, 3.8) is 0 Å². The molecule has 0 radical (unpaired) electrons. The second-order valence-corrected chi connectivity index (χ2v) is 5.73. The number of hydrogen-bond donors (Lipinski definition) is 0. The fourth-order valence-corrected chi connectivity index (χ4v) is 2.34. The minimum Gasteiger partial charge on any atom is -0.355 e. The molecule has 0 aromatic carbocycles. The van der Waals surface area contributed by atoms with Crippen LogP contribution in [0.1, 0.15) is 36.9 Å². The zero-order valence-electron chi connectivity index (χ0n) is 10.9. The van der Waals surface area contributed by atoms with Crippen molar-refractivity contribution in [3.05, 3.63) is 23.4 Å². The zero-order chi connectivity index (χ0) is 12.5. The highest BCUT2D eigenvalue weighted by atomic mass is 15.2. The first kappa shape index (κ1) is 11.5. The summed E-state index contributed by atoms with van der Waals surface area (Å²) in [6, 6.07) is 6.12. The Hall–Kier alpha value is -1.56. The number of hydrogen-bond acceptors (Lipinski definition) is 3. The van der Waals surface area contributed by atoms with Gasteiger partial charge in [-0.2, -0.15) is 5.26 Å². The summed E-state index contributed by atoms with van der Waals surface area (Å²) in [4.78, 5) is 6.97. The fourth-order valence-electron chi connectivity index (χ4n) is 2.34. The van der Waals surface area contributed by atoms with Gasteiger partial charge in [0.2, 0.25) is 0 Å². The molecule has 3 rings (SSSR count). The third-order valence-corrected chi connectivity index (χ3v) is 3.79. The lowest BCUT2D eigenvalue weighted by Crippen LogP contribution is -2.29. The van der Waals surface area contributed by atoms with E-state index in [9.17, 15) is 5.26 Å². The normalized spacial score (nSPS) is 18.4. The summed E-state index contributed by atoms with van der Waals surface area (Å²) in [5.74, 6) is 2.58. The molecule has 0 aliphatic heterocycles. The van der Waals surface area contributed by atoms with Gasteiger partial charge >= 0.3 is 0 Å². The highest BCUT2D eigenvalue weighted by Crippen LogP contribution is 2.36. The maximum Gasteiger partial charge on any atom is 0.146 e. The number of nitrogens with zero attached hydrogens (tertiary/aromatic N) is 3.